The molecule has 1 aliphatic rings. The van der Waals surface area contributed by atoms with Gasteiger partial charge in [-0.3, -0.25) is 0 Å². The average molecular weight is 260 g/mol. The fourth-order valence-corrected chi connectivity index (χ4v) is 2.57. The van der Waals surface area contributed by atoms with Crippen LogP contribution in [-0.2, 0) is 12.8 Å². The first-order valence-corrected chi connectivity index (χ1v) is 6.28. The van der Waals surface area contributed by atoms with Crippen molar-refractivity contribution in [2.45, 2.75) is 32.7 Å². The fraction of sp³-hybridized carbons (Fsp3) is 0.636. The molecule has 2 rings (SSSR count). The number of hydrogen-bond acceptors (Lipinski definition) is 3. The Bertz CT molecular complexity index is 393. The van der Waals surface area contributed by atoms with Crippen LogP contribution in [0.15, 0.2) is 0 Å². The molecule has 0 amide bonds. The highest BCUT2D eigenvalue weighted by atomic mass is 35.5. The zero-order valence-electron chi connectivity index (χ0n) is 9.50. The second-order valence-corrected chi connectivity index (χ2v) is 5.03. The molecule has 0 spiro atoms. The normalized spacial score (nSPS) is 17.3. The number of rotatable bonds is 1. The van der Waals surface area contributed by atoms with Crippen LogP contribution < -0.4 is 0 Å². The van der Waals surface area contributed by atoms with Crippen LogP contribution in [-0.4, -0.2) is 34.0 Å². The van der Waals surface area contributed by atoms with Gasteiger partial charge in [-0.25, -0.2) is 9.97 Å². The van der Waals surface area contributed by atoms with E-state index < -0.39 is 0 Å². The smallest absolute Gasteiger partial charge is 0.224 e. The summed E-state index contributed by atoms with van der Waals surface area (Å²) in [6.45, 7) is 6.43. The van der Waals surface area contributed by atoms with Crippen molar-refractivity contribution >= 4 is 23.2 Å². The molecular weight excluding hydrogens is 245 g/mol. The number of hydrogen-bond donors (Lipinski definition) is 0. The van der Waals surface area contributed by atoms with Crippen LogP contribution in [0.1, 0.15) is 25.1 Å². The topological polar surface area (TPSA) is 29.0 Å². The summed E-state index contributed by atoms with van der Waals surface area (Å²) in [6, 6.07) is 0.552. The SMILES string of the molecule is CC(C)N1CCc2nc(Cl)nc(Cl)c2CC1. The summed E-state index contributed by atoms with van der Waals surface area (Å²) in [6.07, 6.45) is 1.80. The first kappa shape index (κ1) is 12.1. The monoisotopic (exact) mass is 259 g/mol. The number of aromatic nitrogens is 2. The lowest BCUT2D eigenvalue weighted by Crippen LogP contribution is -2.33. The van der Waals surface area contributed by atoms with Gasteiger partial charge in [0, 0.05) is 31.1 Å². The van der Waals surface area contributed by atoms with E-state index in [-0.39, 0.29) is 5.28 Å². The highest BCUT2D eigenvalue weighted by Crippen LogP contribution is 2.23. The van der Waals surface area contributed by atoms with E-state index in [2.05, 4.69) is 28.7 Å². The maximum atomic E-state index is 6.09. The van der Waals surface area contributed by atoms with Crippen molar-refractivity contribution in [1.82, 2.24) is 14.9 Å². The summed E-state index contributed by atoms with van der Waals surface area (Å²) < 4.78 is 0. The van der Waals surface area contributed by atoms with E-state index in [0.29, 0.717) is 11.2 Å². The lowest BCUT2D eigenvalue weighted by Gasteiger charge is -2.23. The van der Waals surface area contributed by atoms with Crippen LogP contribution in [0.5, 0.6) is 0 Å². The van der Waals surface area contributed by atoms with Crippen molar-refractivity contribution in [2.75, 3.05) is 13.1 Å². The van der Waals surface area contributed by atoms with Crippen molar-refractivity contribution < 1.29 is 0 Å². The molecule has 0 aromatic carbocycles. The molecule has 0 saturated carbocycles. The molecular formula is C11H15Cl2N3. The third-order valence-electron chi connectivity index (χ3n) is 3.03. The van der Waals surface area contributed by atoms with Gasteiger partial charge in [0.1, 0.15) is 5.15 Å². The van der Waals surface area contributed by atoms with Crippen LogP contribution in [0.4, 0.5) is 0 Å². The first-order chi connectivity index (χ1) is 7.58. The predicted octanol–water partition coefficient (Wildman–Crippen LogP) is 2.59. The maximum Gasteiger partial charge on any atom is 0.224 e. The van der Waals surface area contributed by atoms with Crippen LogP contribution in [0.25, 0.3) is 0 Å². The minimum Gasteiger partial charge on any atom is -0.300 e. The highest BCUT2D eigenvalue weighted by molar-refractivity contribution is 6.32. The second-order valence-electron chi connectivity index (χ2n) is 4.34. The summed E-state index contributed by atoms with van der Waals surface area (Å²) >= 11 is 11.9. The lowest BCUT2D eigenvalue weighted by molar-refractivity contribution is 0.232. The van der Waals surface area contributed by atoms with Gasteiger partial charge in [-0.05, 0) is 31.9 Å². The second kappa shape index (κ2) is 4.86. The molecule has 16 heavy (non-hydrogen) atoms. The average Bonchev–Trinajstić information content (AvgIpc) is 2.39. The molecule has 1 aliphatic heterocycles. The molecule has 0 aliphatic carbocycles. The Labute approximate surface area is 106 Å². The molecule has 1 aromatic rings. The van der Waals surface area contributed by atoms with Gasteiger partial charge < -0.3 is 4.90 Å². The zero-order valence-corrected chi connectivity index (χ0v) is 11.0. The molecule has 0 unspecified atom stereocenters. The van der Waals surface area contributed by atoms with Crippen LogP contribution in [0.3, 0.4) is 0 Å². The Hall–Kier alpha value is -0.380. The minimum atomic E-state index is 0.252. The summed E-state index contributed by atoms with van der Waals surface area (Å²) in [5.41, 5.74) is 2.07. The Morgan fingerprint density at radius 2 is 1.81 bits per heavy atom. The van der Waals surface area contributed by atoms with Gasteiger partial charge in [0.2, 0.25) is 5.28 Å². The van der Waals surface area contributed by atoms with E-state index >= 15 is 0 Å². The van der Waals surface area contributed by atoms with Crippen LogP contribution in [0.2, 0.25) is 10.4 Å². The molecule has 3 nitrogen and oxygen atoms in total. The van der Waals surface area contributed by atoms with E-state index in [1.807, 2.05) is 0 Å². The lowest BCUT2D eigenvalue weighted by atomic mass is 10.1. The van der Waals surface area contributed by atoms with E-state index in [4.69, 9.17) is 23.2 Å². The molecule has 0 fully saturated rings. The summed E-state index contributed by atoms with van der Waals surface area (Å²) in [5, 5.41) is 0.766. The van der Waals surface area contributed by atoms with Crippen molar-refractivity contribution in [2.24, 2.45) is 0 Å². The van der Waals surface area contributed by atoms with Crippen molar-refractivity contribution in [3.05, 3.63) is 21.7 Å². The first-order valence-electron chi connectivity index (χ1n) is 5.52. The molecule has 5 heteroatoms. The zero-order chi connectivity index (χ0) is 11.7. The Morgan fingerprint density at radius 3 is 2.50 bits per heavy atom. The Balaban J connectivity index is 2.27. The third kappa shape index (κ3) is 2.47. The summed E-state index contributed by atoms with van der Waals surface area (Å²) in [5.74, 6) is 0. The van der Waals surface area contributed by atoms with Gasteiger partial charge in [-0.2, -0.15) is 0 Å². The third-order valence-corrected chi connectivity index (χ3v) is 3.51. The number of fused-ring (bicyclic) bond motifs is 1. The fourth-order valence-electron chi connectivity index (χ4n) is 2.06. The molecule has 1 aromatic heterocycles. The van der Waals surface area contributed by atoms with Gasteiger partial charge in [-0.15, -0.1) is 0 Å². The summed E-state index contributed by atoms with van der Waals surface area (Å²) in [4.78, 5) is 10.7. The number of halogens is 2. The quantitative estimate of drug-likeness (QED) is 0.574. The Kier molecular flexibility index (Phi) is 3.67. The molecule has 0 bridgehead atoms. The van der Waals surface area contributed by atoms with Gasteiger partial charge in [0.05, 0.1) is 5.69 Å². The van der Waals surface area contributed by atoms with E-state index in [1.54, 1.807) is 0 Å². The van der Waals surface area contributed by atoms with E-state index in [9.17, 15) is 0 Å². The van der Waals surface area contributed by atoms with Gasteiger partial charge in [0.15, 0.2) is 0 Å². The molecule has 88 valence electrons. The van der Waals surface area contributed by atoms with Crippen LogP contribution in [0, 0.1) is 0 Å². The highest BCUT2D eigenvalue weighted by Gasteiger charge is 2.20. The van der Waals surface area contributed by atoms with Crippen molar-refractivity contribution in [1.29, 1.82) is 0 Å². The largest absolute Gasteiger partial charge is 0.300 e. The van der Waals surface area contributed by atoms with Crippen molar-refractivity contribution in [3.8, 4) is 0 Å². The van der Waals surface area contributed by atoms with Crippen molar-refractivity contribution in [3.63, 3.8) is 0 Å². The predicted molar refractivity (Wildman–Crippen MR) is 66.2 cm³/mol. The molecule has 0 saturated heterocycles. The van der Waals surface area contributed by atoms with Gasteiger partial charge in [0.25, 0.3) is 0 Å². The molecule has 2 heterocycles. The number of nitrogens with zero attached hydrogens (tertiary/aromatic N) is 3. The molecule has 0 atom stereocenters. The standard InChI is InChI=1S/C11H15Cl2N3/c1-7(2)16-5-3-8-9(4-6-16)14-11(13)15-10(8)12/h7H,3-6H2,1-2H3. The van der Waals surface area contributed by atoms with Gasteiger partial charge in [-0.1, -0.05) is 11.6 Å². The minimum absolute atomic E-state index is 0.252. The molecule has 0 radical (unpaired) electrons. The Morgan fingerprint density at radius 1 is 1.12 bits per heavy atom. The van der Waals surface area contributed by atoms with Gasteiger partial charge >= 0.3 is 0 Å². The maximum absolute atomic E-state index is 6.09. The van der Waals surface area contributed by atoms with E-state index in [0.717, 1.165) is 37.2 Å². The van der Waals surface area contributed by atoms with E-state index in [1.165, 1.54) is 0 Å². The summed E-state index contributed by atoms with van der Waals surface area (Å²) in [7, 11) is 0. The molecule has 0 N–H and O–H groups in total. The van der Waals surface area contributed by atoms with Crippen LogP contribution >= 0.6 is 23.2 Å².